The van der Waals surface area contributed by atoms with Gasteiger partial charge in [0.05, 0.1) is 48.7 Å². The third-order valence-corrected chi connectivity index (χ3v) is 6.67. The van der Waals surface area contributed by atoms with Gasteiger partial charge in [-0.15, -0.1) is 0 Å². The molecule has 0 spiro atoms. The van der Waals surface area contributed by atoms with Crippen LogP contribution in [0.4, 0.5) is 5.82 Å². The molecule has 0 aliphatic carbocycles. The van der Waals surface area contributed by atoms with Gasteiger partial charge in [-0.3, -0.25) is 9.88 Å². The molecule has 7 heterocycles. The predicted octanol–water partition coefficient (Wildman–Crippen LogP) is 2.24. The number of nitrogens with zero attached hydrogens (tertiary/aromatic N) is 8. The SMILES string of the molecule is COc1ccc(CN2[C@@H]3C[C@H]2CN(c2cnc(-c4cc(O)cn5ncc(C#N)c45)cn2)C3)cn1. The highest BCUT2D eigenvalue weighted by molar-refractivity contribution is 5.83. The highest BCUT2D eigenvalue weighted by atomic mass is 16.5. The van der Waals surface area contributed by atoms with Gasteiger partial charge in [-0.2, -0.15) is 10.4 Å². The van der Waals surface area contributed by atoms with E-state index in [9.17, 15) is 10.4 Å². The number of fused-ring (bicyclic) bond motifs is 3. The minimum absolute atomic E-state index is 0.0456. The van der Waals surface area contributed by atoms with Crippen molar-refractivity contribution in [1.29, 1.82) is 5.26 Å². The maximum atomic E-state index is 10.1. The number of aromatic nitrogens is 5. The zero-order chi connectivity index (χ0) is 23.2. The lowest BCUT2D eigenvalue weighted by Crippen LogP contribution is -2.68. The highest BCUT2D eigenvalue weighted by Gasteiger charge is 2.44. The van der Waals surface area contributed by atoms with Crippen LogP contribution >= 0.6 is 0 Å². The minimum atomic E-state index is 0.0456. The lowest BCUT2D eigenvalue weighted by Gasteiger charge is -2.56. The number of ether oxygens (including phenoxy) is 1. The largest absolute Gasteiger partial charge is 0.506 e. The van der Waals surface area contributed by atoms with E-state index in [0.29, 0.717) is 40.3 Å². The fourth-order valence-corrected chi connectivity index (χ4v) is 4.98. The topological polar surface area (TPSA) is 116 Å². The zero-order valence-corrected chi connectivity index (χ0v) is 18.5. The first-order valence-electron chi connectivity index (χ1n) is 11.1. The molecule has 2 bridgehead atoms. The number of aromatic hydroxyl groups is 1. The molecule has 0 saturated carbocycles. The zero-order valence-electron chi connectivity index (χ0n) is 18.5. The Balaban J connectivity index is 1.18. The Hall–Kier alpha value is -4.23. The number of piperidine rings is 1. The summed E-state index contributed by atoms with van der Waals surface area (Å²) in [6.07, 6.45) is 9.47. The molecule has 3 aliphatic rings. The molecular weight excluding hydrogens is 432 g/mol. The molecule has 3 fully saturated rings. The normalized spacial score (nSPS) is 19.6. The molecule has 4 aromatic heterocycles. The summed E-state index contributed by atoms with van der Waals surface area (Å²) in [7, 11) is 1.62. The molecule has 0 aromatic carbocycles. The molecule has 7 rings (SSSR count). The number of methoxy groups -OCH3 is 1. The number of anilines is 1. The van der Waals surface area contributed by atoms with E-state index in [2.05, 4.69) is 42.0 Å². The van der Waals surface area contributed by atoms with Crippen LogP contribution in [0.2, 0.25) is 0 Å². The van der Waals surface area contributed by atoms with Crippen molar-refractivity contribution in [2.75, 3.05) is 25.1 Å². The van der Waals surface area contributed by atoms with Crippen molar-refractivity contribution in [3.63, 3.8) is 0 Å². The second-order valence-electron chi connectivity index (χ2n) is 8.66. The quantitative estimate of drug-likeness (QED) is 0.485. The van der Waals surface area contributed by atoms with E-state index >= 15 is 0 Å². The summed E-state index contributed by atoms with van der Waals surface area (Å²) < 4.78 is 6.64. The van der Waals surface area contributed by atoms with E-state index in [1.165, 1.54) is 28.9 Å². The van der Waals surface area contributed by atoms with E-state index in [4.69, 9.17) is 4.74 Å². The molecule has 2 atom stereocenters. The average Bonchev–Trinajstić information content (AvgIpc) is 3.30. The van der Waals surface area contributed by atoms with E-state index in [1.54, 1.807) is 25.6 Å². The summed E-state index contributed by atoms with van der Waals surface area (Å²) in [6, 6.07) is 8.64. The molecule has 0 amide bonds. The summed E-state index contributed by atoms with van der Waals surface area (Å²) >= 11 is 0. The van der Waals surface area contributed by atoms with Gasteiger partial charge in [-0.05, 0) is 18.1 Å². The van der Waals surface area contributed by atoms with Gasteiger partial charge >= 0.3 is 0 Å². The number of hydrogen-bond acceptors (Lipinski definition) is 9. The van der Waals surface area contributed by atoms with E-state index < -0.39 is 0 Å². The van der Waals surface area contributed by atoms with Crippen LogP contribution in [-0.2, 0) is 6.54 Å². The molecule has 34 heavy (non-hydrogen) atoms. The Morgan fingerprint density at radius 3 is 2.65 bits per heavy atom. The Morgan fingerprint density at radius 1 is 1.12 bits per heavy atom. The molecule has 0 radical (unpaired) electrons. The van der Waals surface area contributed by atoms with Crippen LogP contribution in [0.15, 0.2) is 49.2 Å². The molecule has 4 aromatic rings. The van der Waals surface area contributed by atoms with Gasteiger partial charge in [-0.1, -0.05) is 6.07 Å². The van der Waals surface area contributed by atoms with Crippen LogP contribution in [0, 0.1) is 11.3 Å². The Bertz CT molecular complexity index is 1380. The second-order valence-corrected chi connectivity index (χ2v) is 8.66. The van der Waals surface area contributed by atoms with Gasteiger partial charge in [0.2, 0.25) is 5.88 Å². The molecular formula is C24H22N8O2. The van der Waals surface area contributed by atoms with Gasteiger partial charge in [-0.25, -0.2) is 14.5 Å². The molecule has 3 aliphatic heterocycles. The molecule has 170 valence electrons. The van der Waals surface area contributed by atoms with Crippen molar-refractivity contribution in [3.05, 3.63) is 60.3 Å². The van der Waals surface area contributed by atoms with Crippen LogP contribution < -0.4 is 9.64 Å². The van der Waals surface area contributed by atoms with Gasteiger partial charge < -0.3 is 14.7 Å². The molecule has 0 unspecified atom stereocenters. The van der Waals surface area contributed by atoms with Gasteiger partial charge in [0.1, 0.15) is 17.6 Å². The summed E-state index contributed by atoms with van der Waals surface area (Å²) in [5.41, 5.74) is 3.41. The average molecular weight is 454 g/mol. The number of hydrogen-bond donors (Lipinski definition) is 1. The maximum absolute atomic E-state index is 10.1. The van der Waals surface area contributed by atoms with Crippen molar-refractivity contribution >= 4 is 11.3 Å². The predicted molar refractivity (Wildman–Crippen MR) is 123 cm³/mol. The van der Waals surface area contributed by atoms with Crippen LogP contribution in [-0.4, -0.2) is 66.9 Å². The summed E-state index contributed by atoms with van der Waals surface area (Å²) in [5, 5.41) is 23.7. The number of pyridine rings is 2. The minimum Gasteiger partial charge on any atom is -0.506 e. The summed E-state index contributed by atoms with van der Waals surface area (Å²) in [4.78, 5) is 18.4. The number of rotatable bonds is 5. The molecule has 10 heteroatoms. The van der Waals surface area contributed by atoms with Gasteiger partial charge in [0.15, 0.2) is 0 Å². The molecule has 3 saturated heterocycles. The van der Waals surface area contributed by atoms with Crippen LogP contribution in [0.25, 0.3) is 16.8 Å². The monoisotopic (exact) mass is 454 g/mol. The van der Waals surface area contributed by atoms with E-state index in [0.717, 1.165) is 25.5 Å². The Morgan fingerprint density at radius 2 is 1.97 bits per heavy atom. The van der Waals surface area contributed by atoms with Gasteiger partial charge in [0, 0.05) is 49.5 Å². The number of piperazine rings is 1. The first kappa shape index (κ1) is 20.4. The first-order valence-corrected chi connectivity index (χ1v) is 11.1. The van der Waals surface area contributed by atoms with Crippen LogP contribution in [0.5, 0.6) is 11.6 Å². The Kier molecular flexibility index (Phi) is 4.78. The lowest BCUT2D eigenvalue weighted by atomic mass is 9.87. The van der Waals surface area contributed by atoms with Crippen molar-refractivity contribution in [1.82, 2.24) is 29.5 Å². The number of nitriles is 1. The van der Waals surface area contributed by atoms with Crippen molar-refractivity contribution in [2.24, 2.45) is 0 Å². The maximum Gasteiger partial charge on any atom is 0.212 e. The third kappa shape index (κ3) is 3.38. The fraction of sp³-hybridized carbons (Fsp3) is 0.292. The molecule has 10 nitrogen and oxygen atoms in total. The smallest absolute Gasteiger partial charge is 0.212 e. The summed E-state index contributed by atoms with van der Waals surface area (Å²) in [5.74, 6) is 1.50. The van der Waals surface area contributed by atoms with Crippen molar-refractivity contribution < 1.29 is 9.84 Å². The second kappa shape index (κ2) is 7.97. The van der Waals surface area contributed by atoms with Crippen LogP contribution in [0.3, 0.4) is 0 Å². The van der Waals surface area contributed by atoms with Crippen molar-refractivity contribution in [2.45, 2.75) is 25.0 Å². The van der Waals surface area contributed by atoms with E-state index in [-0.39, 0.29) is 5.75 Å². The Labute approximate surface area is 195 Å². The van der Waals surface area contributed by atoms with Crippen LogP contribution in [0.1, 0.15) is 17.5 Å². The van der Waals surface area contributed by atoms with Gasteiger partial charge in [0.25, 0.3) is 0 Å². The first-order chi connectivity index (χ1) is 16.6. The third-order valence-electron chi connectivity index (χ3n) is 6.67. The summed E-state index contributed by atoms with van der Waals surface area (Å²) in [6.45, 7) is 2.67. The fourth-order valence-electron chi connectivity index (χ4n) is 4.98. The highest BCUT2D eigenvalue weighted by Crippen LogP contribution is 2.36. The van der Waals surface area contributed by atoms with E-state index in [1.807, 2.05) is 12.3 Å². The molecule has 1 N–H and O–H groups in total. The standard InChI is InChI=1S/C24H22N8O2/c1-34-23-3-2-15(7-28-23)11-31-17-4-18(31)13-30(12-17)22-10-26-21(9-27-22)20-5-19(33)14-32-24(20)16(6-25)8-29-32/h2-3,5,7-10,14,17-18,33H,4,11-13H2,1H3/t17-,18+. The lowest BCUT2D eigenvalue weighted by molar-refractivity contribution is -0.00879. The van der Waals surface area contributed by atoms with Crippen molar-refractivity contribution in [3.8, 4) is 29.0 Å².